The number of benzene rings is 2. The molecule has 0 aliphatic heterocycles. The van der Waals surface area contributed by atoms with E-state index in [-0.39, 0.29) is 16.4 Å². The Morgan fingerprint density at radius 3 is 2.50 bits per heavy atom. The lowest BCUT2D eigenvalue weighted by Gasteiger charge is -2.06. The molecule has 0 fully saturated rings. The number of aromatic amines is 1. The van der Waals surface area contributed by atoms with Crippen LogP contribution in [0, 0.1) is 24.0 Å². The molecule has 0 unspecified atom stereocenters. The topological polar surface area (TPSA) is 118 Å². The van der Waals surface area contributed by atoms with Gasteiger partial charge in [-0.15, -0.1) is 0 Å². The average molecular weight is 372 g/mol. The van der Waals surface area contributed by atoms with Crippen molar-refractivity contribution in [1.82, 2.24) is 10.2 Å². The predicted molar refractivity (Wildman–Crippen MR) is 97.4 cm³/mol. The zero-order valence-corrected chi connectivity index (χ0v) is 14.9. The summed E-state index contributed by atoms with van der Waals surface area (Å²) in [7, 11) is -4.00. The summed E-state index contributed by atoms with van der Waals surface area (Å²) in [4.78, 5) is 10.2. The van der Waals surface area contributed by atoms with Crippen molar-refractivity contribution in [2.24, 2.45) is 0 Å². The highest BCUT2D eigenvalue weighted by atomic mass is 32.2. The quantitative estimate of drug-likeness (QED) is 0.526. The molecule has 0 aliphatic rings. The van der Waals surface area contributed by atoms with Crippen molar-refractivity contribution >= 4 is 21.5 Å². The standard InChI is InChI=1S/C17H16N4O4S/c1-11-5-3-4-6-14(11)15-10-17(19-18-15)20-26(24,25)13-8-7-12(2)16(9-13)21(22)23/h3-10H,1-2H3,(H2,18,19,20). The normalized spacial score (nSPS) is 11.3. The van der Waals surface area contributed by atoms with Crippen LogP contribution in [0.4, 0.5) is 11.5 Å². The molecule has 3 aromatic rings. The van der Waals surface area contributed by atoms with E-state index in [1.165, 1.54) is 12.1 Å². The highest BCUT2D eigenvalue weighted by Gasteiger charge is 2.21. The van der Waals surface area contributed by atoms with Gasteiger partial charge in [0.05, 0.1) is 15.5 Å². The number of aromatic nitrogens is 2. The largest absolute Gasteiger partial charge is 0.276 e. The van der Waals surface area contributed by atoms with Crippen LogP contribution in [0.1, 0.15) is 11.1 Å². The van der Waals surface area contributed by atoms with Gasteiger partial charge in [-0.1, -0.05) is 30.3 Å². The first-order chi connectivity index (χ1) is 12.3. The molecule has 1 heterocycles. The van der Waals surface area contributed by atoms with Crippen LogP contribution >= 0.6 is 0 Å². The Morgan fingerprint density at radius 1 is 1.08 bits per heavy atom. The summed E-state index contributed by atoms with van der Waals surface area (Å²) in [6.45, 7) is 3.48. The van der Waals surface area contributed by atoms with Crippen LogP contribution in [-0.4, -0.2) is 23.5 Å². The fourth-order valence-corrected chi connectivity index (χ4v) is 3.55. The molecule has 0 saturated heterocycles. The number of sulfonamides is 1. The molecule has 0 saturated carbocycles. The van der Waals surface area contributed by atoms with Gasteiger partial charge in [0.2, 0.25) is 0 Å². The van der Waals surface area contributed by atoms with Gasteiger partial charge in [0.25, 0.3) is 15.7 Å². The van der Waals surface area contributed by atoms with Crippen LogP contribution in [0.25, 0.3) is 11.3 Å². The summed E-state index contributed by atoms with van der Waals surface area (Å²) in [5.74, 6) is 0.103. The Hall–Kier alpha value is -3.20. The molecule has 9 heteroatoms. The lowest BCUT2D eigenvalue weighted by molar-refractivity contribution is -0.385. The lowest BCUT2D eigenvalue weighted by Crippen LogP contribution is -2.13. The van der Waals surface area contributed by atoms with Crippen molar-refractivity contribution in [3.63, 3.8) is 0 Å². The second-order valence-electron chi connectivity index (χ2n) is 5.79. The summed E-state index contributed by atoms with van der Waals surface area (Å²) in [6, 6.07) is 12.9. The molecule has 2 N–H and O–H groups in total. The van der Waals surface area contributed by atoms with Crippen molar-refractivity contribution in [3.05, 3.63) is 69.8 Å². The van der Waals surface area contributed by atoms with E-state index < -0.39 is 14.9 Å². The van der Waals surface area contributed by atoms with E-state index in [0.717, 1.165) is 17.2 Å². The van der Waals surface area contributed by atoms with E-state index in [9.17, 15) is 18.5 Å². The first-order valence-corrected chi connectivity index (χ1v) is 9.15. The molecule has 3 rings (SSSR count). The highest BCUT2D eigenvalue weighted by molar-refractivity contribution is 7.92. The predicted octanol–water partition coefficient (Wildman–Crippen LogP) is 3.40. The van der Waals surface area contributed by atoms with Crippen molar-refractivity contribution in [1.29, 1.82) is 0 Å². The van der Waals surface area contributed by atoms with E-state index in [4.69, 9.17) is 0 Å². The summed E-state index contributed by atoms with van der Waals surface area (Å²) in [6.07, 6.45) is 0. The molecule has 26 heavy (non-hydrogen) atoms. The van der Waals surface area contributed by atoms with Crippen molar-refractivity contribution in [2.45, 2.75) is 18.7 Å². The van der Waals surface area contributed by atoms with E-state index in [1.54, 1.807) is 13.0 Å². The highest BCUT2D eigenvalue weighted by Crippen LogP contribution is 2.26. The Bertz CT molecular complexity index is 1090. The molecule has 8 nitrogen and oxygen atoms in total. The number of rotatable bonds is 5. The second kappa shape index (κ2) is 6.60. The smallest absolute Gasteiger partial charge is 0.273 e. The number of nitrogens with zero attached hydrogens (tertiary/aromatic N) is 2. The Kier molecular flexibility index (Phi) is 4.47. The summed E-state index contributed by atoms with van der Waals surface area (Å²) < 4.78 is 27.4. The van der Waals surface area contributed by atoms with E-state index >= 15 is 0 Å². The SMILES string of the molecule is Cc1ccccc1-c1cc(NS(=O)(=O)c2ccc(C)c([N+](=O)[O-])c2)n[nH]1. The summed E-state index contributed by atoms with van der Waals surface area (Å²) >= 11 is 0. The Labute approximate surface area is 150 Å². The zero-order valence-electron chi connectivity index (χ0n) is 14.1. The maximum Gasteiger partial charge on any atom is 0.273 e. The summed E-state index contributed by atoms with van der Waals surface area (Å²) in [5, 5.41) is 17.8. The third kappa shape index (κ3) is 3.42. The van der Waals surface area contributed by atoms with Gasteiger partial charge < -0.3 is 0 Å². The molecule has 0 bridgehead atoms. The number of hydrogen-bond acceptors (Lipinski definition) is 5. The Balaban J connectivity index is 1.91. The Morgan fingerprint density at radius 2 is 1.81 bits per heavy atom. The van der Waals surface area contributed by atoms with Crippen LogP contribution in [0.3, 0.4) is 0 Å². The third-order valence-corrected chi connectivity index (χ3v) is 5.29. The van der Waals surface area contributed by atoms with Crippen LogP contribution in [0.15, 0.2) is 53.4 Å². The van der Waals surface area contributed by atoms with Crippen molar-refractivity contribution in [3.8, 4) is 11.3 Å². The van der Waals surface area contributed by atoms with Crippen LogP contribution in [-0.2, 0) is 10.0 Å². The minimum absolute atomic E-state index is 0.103. The first kappa shape index (κ1) is 17.6. The average Bonchev–Trinajstić information content (AvgIpc) is 3.02. The molecule has 0 radical (unpaired) electrons. The molecule has 1 aromatic heterocycles. The lowest BCUT2D eigenvalue weighted by atomic mass is 10.1. The van der Waals surface area contributed by atoms with Gasteiger partial charge in [-0.05, 0) is 25.5 Å². The van der Waals surface area contributed by atoms with Gasteiger partial charge in [-0.25, -0.2) is 8.42 Å². The zero-order chi connectivity index (χ0) is 18.9. The molecular formula is C17H16N4O4S. The third-order valence-electron chi connectivity index (χ3n) is 3.94. The minimum Gasteiger partial charge on any atom is -0.276 e. The number of nitrogens with one attached hydrogen (secondary N) is 2. The number of anilines is 1. The summed E-state index contributed by atoms with van der Waals surface area (Å²) in [5.41, 5.74) is 2.71. The number of H-pyrrole nitrogens is 1. The number of hydrogen-bond donors (Lipinski definition) is 2. The maximum atomic E-state index is 12.5. The van der Waals surface area contributed by atoms with Gasteiger partial charge >= 0.3 is 0 Å². The van der Waals surface area contributed by atoms with Crippen LogP contribution in [0.2, 0.25) is 0 Å². The number of nitro groups is 1. The van der Waals surface area contributed by atoms with Gasteiger partial charge in [-0.2, -0.15) is 5.10 Å². The van der Waals surface area contributed by atoms with Crippen molar-refractivity contribution < 1.29 is 13.3 Å². The first-order valence-electron chi connectivity index (χ1n) is 7.67. The number of nitro benzene ring substituents is 1. The van der Waals surface area contributed by atoms with E-state index in [1.807, 2.05) is 31.2 Å². The molecule has 2 aromatic carbocycles. The molecular weight excluding hydrogens is 356 g/mol. The fraction of sp³-hybridized carbons (Fsp3) is 0.118. The maximum absolute atomic E-state index is 12.5. The molecule has 0 amide bonds. The van der Waals surface area contributed by atoms with Crippen LogP contribution < -0.4 is 4.72 Å². The molecule has 0 aliphatic carbocycles. The van der Waals surface area contributed by atoms with Gasteiger partial charge in [0, 0.05) is 23.3 Å². The van der Waals surface area contributed by atoms with Crippen molar-refractivity contribution in [2.75, 3.05) is 4.72 Å². The van der Waals surface area contributed by atoms with Gasteiger partial charge in [0.15, 0.2) is 5.82 Å². The van der Waals surface area contributed by atoms with Crippen LogP contribution in [0.5, 0.6) is 0 Å². The second-order valence-corrected chi connectivity index (χ2v) is 7.48. The van der Waals surface area contributed by atoms with Gasteiger partial charge in [-0.3, -0.25) is 19.9 Å². The molecule has 134 valence electrons. The van der Waals surface area contributed by atoms with E-state index in [0.29, 0.717) is 11.3 Å². The monoisotopic (exact) mass is 372 g/mol. The van der Waals surface area contributed by atoms with Gasteiger partial charge in [0.1, 0.15) is 0 Å². The van der Waals surface area contributed by atoms with E-state index in [2.05, 4.69) is 14.9 Å². The fourth-order valence-electron chi connectivity index (χ4n) is 2.54. The minimum atomic E-state index is -4.00. The molecule has 0 atom stereocenters. The molecule has 0 spiro atoms. The number of aryl methyl sites for hydroxylation is 2.